The number of anilines is 1. The summed E-state index contributed by atoms with van der Waals surface area (Å²) in [5.41, 5.74) is 4.97. The Morgan fingerprint density at radius 1 is 1.43 bits per heavy atom. The van der Waals surface area contributed by atoms with Gasteiger partial charge in [0, 0.05) is 12.2 Å². The molecule has 1 rings (SSSR count). The number of esters is 1. The van der Waals surface area contributed by atoms with Crippen molar-refractivity contribution in [2.24, 2.45) is 0 Å². The van der Waals surface area contributed by atoms with Gasteiger partial charge in [-0.1, -0.05) is 0 Å². The molecule has 0 amide bonds. The highest BCUT2D eigenvalue weighted by Crippen LogP contribution is 2.18. The topological polar surface area (TPSA) is 156 Å². The third kappa shape index (κ3) is 4.15. The number of aliphatic hydroxyl groups excluding tert-OH is 1. The molecule has 9 nitrogen and oxygen atoms in total. The third-order valence-corrected chi connectivity index (χ3v) is 3.95. The number of methoxy groups -OCH3 is 1. The molecule has 0 saturated carbocycles. The number of ether oxygens (including phenoxy) is 1. The largest absolute Gasteiger partial charge is 0.478 e. The van der Waals surface area contributed by atoms with Gasteiger partial charge in [-0.25, -0.2) is 22.7 Å². The van der Waals surface area contributed by atoms with E-state index in [1.54, 1.807) is 0 Å². The summed E-state index contributed by atoms with van der Waals surface area (Å²) in [5, 5.41) is 18.3. The molecule has 0 aliphatic rings. The number of carbonyl (C=O) groups excluding carboxylic acids is 1. The van der Waals surface area contributed by atoms with E-state index in [1.165, 1.54) is 6.07 Å². The van der Waals surface area contributed by atoms with Crippen LogP contribution in [-0.4, -0.2) is 50.3 Å². The quantitative estimate of drug-likeness (QED) is 0.375. The molecule has 0 spiro atoms. The molecule has 0 saturated heterocycles. The van der Waals surface area contributed by atoms with Gasteiger partial charge in [0.05, 0.1) is 17.6 Å². The number of carboxylic acid groups (broad SMARTS) is 1. The van der Waals surface area contributed by atoms with Crippen LogP contribution in [-0.2, 0) is 19.6 Å². The zero-order valence-electron chi connectivity index (χ0n) is 10.9. The van der Waals surface area contributed by atoms with Gasteiger partial charge in [0.1, 0.15) is 0 Å². The van der Waals surface area contributed by atoms with Crippen LogP contribution in [0.25, 0.3) is 0 Å². The number of sulfonamides is 1. The van der Waals surface area contributed by atoms with Crippen molar-refractivity contribution in [3.8, 4) is 0 Å². The van der Waals surface area contributed by atoms with Crippen LogP contribution in [0.4, 0.5) is 5.69 Å². The normalized spacial score (nSPS) is 12.7. The Morgan fingerprint density at radius 3 is 2.57 bits per heavy atom. The van der Waals surface area contributed by atoms with Crippen molar-refractivity contribution < 1.29 is 33.0 Å². The van der Waals surface area contributed by atoms with Gasteiger partial charge >= 0.3 is 11.9 Å². The van der Waals surface area contributed by atoms with Gasteiger partial charge in [-0.3, -0.25) is 0 Å². The van der Waals surface area contributed by atoms with E-state index in [2.05, 4.69) is 4.74 Å². The summed E-state index contributed by atoms with van der Waals surface area (Å²) in [5.74, 6) is -2.50. The number of nitrogens with two attached hydrogens (primary N) is 1. The van der Waals surface area contributed by atoms with Crippen LogP contribution in [0.2, 0.25) is 0 Å². The minimum Gasteiger partial charge on any atom is -0.478 e. The molecule has 116 valence electrons. The van der Waals surface area contributed by atoms with E-state index in [0.717, 1.165) is 19.2 Å². The van der Waals surface area contributed by atoms with Gasteiger partial charge in [-0.2, -0.15) is 0 Å². The van der Waals surface area contributed by atoms with E-state index >= 15 is 0 Å². The second-order valence-corrected chi connectivity index (χ2v) is 5.69. The molecular formula is C11H14N2O7S. The van der Waals surface area contributed by atoms with Crippen LogP contribution in [0.3, 0.4) is 0 Å². The van der Waals surface area contributed by atoms with E-state index in [4.69, 9.17) is 10.8 Å². The number of carboxylic acids is 1. The molecule has 10 heteroatoms. The van der Waals surface area contributed by atoms with Crippen LogP contribution in [0.15, 0.2) is 23.1 Å². The second kappa shape index (κ2) is 6.52. The van der Waals surface area contributed by atoms with Crippen molar-refractivity contribution in [3.05, 3.63) is 23.8 Å². The maximum absolute atomic E-state index is 12.0. The Kier molecular flexibility index (Phi) is 5.24. The molecule has 0 aromatic heterocycles. The maximum atomic E-state index is 12.0. The molecule has 1 aromatic rings. The fraction of sp³-hybridized carbons (Fsp3) is 0.273. The Bertz CT molecular complexity index is 657. The minimum absolute atomic E-state index is 0.0842. The number of nitrogens with one attached hydrogen (secondary N) is 1. The van der Waals surface area contributed by atoms with E-state index < -0.39 is 45.1 Å². The van der Waals surface area contributed by atoms with E-state index in [-0.39, 0.29) is 5.69 Å². The Hall–Kier alpha value is -2.17. The lowest BCUT2D eigenvalue weighted by molar-refractivity contribution is -0.149. The van der Waals surface area contributed by atoms with Crippen molar-refractivity contribution in [1.29, 1.82) is 0 Å². The van der Waals surface area contributed by atoms with Crippen molar-refractivity contribution in [2.75, 3.05) is 19.4 Å². The summed E-state index contributed by atoms with van der Waals surface area (Å²) in [7, 11) is -3.21. The van der Waals surface area contributed by atoms with Gasteiger partial charge < -0.3 is 20.7 Å². The lowest BCUT2D eigenvalue weighted by atomic mass is 10.2. The number of benzene rings is 1. The molecule has 0 heterocycles. The van der Waals surface area contributed by atoms with Crippen molar-refractivity contribution in [3.63, 3.8) is 0 Å². The Morgan fingerprint density at radius 2 is 2.05 bits per heavy atom. The van der Waals surface area contributed by atoms with Crippen LogP contribution in [0, 0.1) is 0 Å². The number of hydrogen-bond acceptors (Lipinski definition) is 7. The first-order valence-corrected chi connectivity index (χ1v) is 7.05. The summed E-state index contributed by atoms with van der Waals surface area (Å²) < 4.78 is 30.2. The lowest BCUT2D eigenvalue weighted by Crippen LogP contribution is -2.37. The minimum atomic E-state index is -4.24. The van der Waals surface area contributed by atoms with Crippen LogP contribution in [0.5, 0.6) is 0 Å². The number of carbonyl (C=O) groups is 2. The molecule has 0 radical (unpaired) electrons. The van der Waals surface area contributed by atoms with Crippen molar-refractivity contribution >= 4 is 27.6 Å². The Balaban J connectivity index is 3.04. The van der Waals surface area contributed by atoms with E-state index in [1.807, 2.05) is 4.72 Å². The molecular weight excluding hydrogens is 304 g/mol. The molecule has 0 fully saturated rings. The SMILES string of the molecule is COC(=O)C(O)CNS(=O)(=O)c1ccc(N)cc1C(=O)O. The van der Waals surface area contributed by atoms with Gasteiger partial charge in [0.15, 0.2) is 6.10 Å². The Labute approximate surface area is 120 Å². The highest BCUT2D eigenvalue weighted by atomic mass is 32.2. The van der Waals surface area contributed by atoms with Crippen LogP contribution < -0.4 is 10.5 Å². The summed E-state index contributed by atoms with van der Waals surface area (Å²) >= 11 is 0. The first-order valence-electron chi connectivity index (χ1n) is 5.57. The van der Waals surface area contributed by atoms with Gasteiger partial charge in [0.2, 0.25) is 10.0 Å². The van der Waals surface area contributed by atoms with Gasteiger partial charge in [-0.05, 0) is 18.2 Å². The molecule has 5 N–H and O–H groups in total. The number of nitrogen functional groups attached to an aromatic ring is 1. The summed E-state index contributed by atoms with van der Waals surface area (Å²) in [6.45, 7) is -0.654. The fourth-order valence-corrected chi connectivity index (χ4v) is 2.65. The van der Waals surface area contributed by atoms with E-state index in [0.29, 0.717) is 0 Å². The number of hydrogen-bond donors (Lipinski definition) is 4. The average molecular weight is 318 g/mol. The van der Waals surface area contributed by atoms with Crippen LogP contribution in [0.1, 0.15) is 10.4 Å². The predicted molar refractivity (Wildman–Crippen MR) is 71.0 cm³/mol. The van der Waals surface area contributed by atoms with Gasteiger partial charge in [-0.15, -0.1) is 0 Å². The number of aromatic carboxylic acids is 1. The number of aliphatic hydroxyl groups is 1. The monoisotopic (exact) mass is 318 g/mol. The highest BCUT2D eigenvalue weighted by Gasteiger charge is 2.25. The molecule has 1 unspecified atom stereocenters. The smallest absolute Gasteiger partial charge is 0.337 e. The molecule has 0 bridgehead atoms. The molecule has 1 atom stereocenters. The molecule has 0 aliphatic heterocycles. The van der Waals surface area contributed by atoms with Crippen molar-refractivity contribution in [1.82, 2.24) is 4.72 Å². The first kappa shape index (κ1) is 16.9. The maximum Gasteiger partial charge on any atom is 0.337 e. The number of rotatable bonds is 6. The molecule has 21 heavy (non-hydrogen) atoms. The lowest BCUT2D eigenvalue weighted by Gasteiger charge is -2.12. The zero-order valence-corrected chi connectivity index (χ0v) is 11.8. The van der Waals surface area contributed by atoms with Gasteiger partial charge in [0.25, 0.3) is 0 Å². The third-order valence-electron chi connectivity index (χ3n) is 2.46. The second-order valence-electron chi connectivity index (χ2n) is 3.95. The van der Waals surface area contributed by atoms with Crippen LogP contribution >= 0.6 is 0 Å². The molecule has 1 aromatic carbocycles. The van der Waals surface area contributed by atoms with Crippen molar-refractivity contribution in [2.45, 2.75) is 11.0 Å². The predicted octanol–water partition coefficient (Wildman–Crippen LogP) is -1.22. The standard InChI is InChI=1S/C11H14N2O7S/c1-20-11(17)8(14)5-13-21(18,19)9-3-2-6(12)4-7(9)10(15)16/h2-4,8,13-14H,5,12H2,1H3,(H,15,16). The first-order chi connectivity index (χ1) is 9.69. The summed E-state index contributed by atoms with van der Waals surface area (Å²) in [4.78, 5) is 21.5. The summed E-state index contributed by atoms with van der Waals surface area (Å²) in [6.07, 6.45) is -1.70. The zero-order chi connectivity index (χ0) is 16.2. The average Bonchev–Trinajstić information content (AvgIpc) is 2.43. The van der Waals surface area contributed by atoms with E-state index in [9.17, 15) is 23.1 Å². The summed E-state index contributed by atoms with van der Waals surface area (Å²) in [6, 6.07) is 3.23. The highest BCUT2D eigenvalue weighted by molar-refractivity contribution is 7.89. The fourth-order valence-electron chi connectivity index (χ4n) is 1.43. The molecule has 0 aliphatic carbocycles.